The largest absolute Gasteiger partial charge is 0.325 e. The van der Waals surface area contributed by atoms with Gasteiger partial charge in [0.2, 0.25) is 5.91 Å². The van der Waals surface area contributed by atoms with E-state index in [1.54, 1.807) is 33.8 Å². The van der Waals surface area contributed by atoms with Crippen molar-refractivity contribution in [3.63, 3.8) is 0 Å². The molecule has 1 N–H and O–H groups in total. The number of benzene rings is 1. The lowest BCUT2D eigenvalue weighted by Gasteiger charge is -2.18. The maximum absolute atomic E-state index is 13.3. The topological polar surface area (TPSA) is 29.1 Å². The van der Waals surface area contributed by atoms with Crippen molar-refractivity contribution >= 4 is 27.5 Å². The Balaban J connectivity index is 2.99. The molecule has 0 radical (unpaired) electrons. The maximum Gasteiger partial charge on any atom is 0.229 e. The van der Waals surface area contributed by atoms with Crippen LogP contribution in [0.15, 0.2) is 16.6 Å². The predicted molar refractivity (Wildman–Crippen MR) is 66.9 cm³/mol. The Morgan fingerprint density at radius 2 is 1.94 bits per heavy atom. The summed E-state index contributed by atoms with van der Waals surface area (Å²) in [4.78, 5) is 11.7. The van der Waals surface area contributed by atoms with Crippen molar-refractivity contribution in [1.29, 1.82) is 0 Å². The number of amides is 1. The van der Waals surface area contributed by atoms with Gasteiger partial charge in [-0.05, 0) is 40.5 Å². The van der Waals surface area contributed by atoms with Crippen LogP contribution in [0.25, 0.3) is 0 Å². The van der Waals surface area contributed by atoms with Gasteiger partial charge >= 0.3 is 0 Å². The van der Waals surface area contributed by atoms with E-state index in [1.807, 2.05) is 0 Å². The SMILES string of the molecule is Cc1cc(Br)c(NC(=O)C(C)(C)C)cc1F. The molecule has 0 saturated heterocycles. The van der Waals surface area contributed by atoms with Crippen LogP contribution in [-0.2, 0) is 4.79 Å². The molecule has 1 aromatic carbocycles. The van der Waals surface area contributed by atoms with Gasteiger partial charge in [0, 0.05) is 9.89 Å². The summed E-state index contributed by atoms with van der Waals surface area (Å²) in [5, 5.41) is 2.69. The van der Waals surface area contributed by atoms with Crippen LogP contribution in [-0.4, -0.2) is 5.91 Å². The van der Waals surface area contributed by atoms with Crippen LogP contribution in [0.1, 0.15) is 26.3 Å². The van der Waals surface area contributed by atoms with Crippen LogP contribution in [0.4, 0.5) is 10.1 Å². The second kappa shape index (κ2) is 4.53. The van der Waals surface area contributed by atoms with Gasteiger partial charge < -0.3 is 5.32 Å². The Hall–Kier alpha value is -0.900. The first kappa shape index (κ1) is 13.2. The summed E-state index contributed by atoms with van der Waals surface area (Å²) in [7, 11) is 0. The fraction of sp³-hybridized carbons (Fsp3) is 0.417. The average Bonchev–Trinajstić information content (AvgIpc) is 2.12. The van der Waals surface area contributed by atoms with Crippen molar-refractivity contribution in [2.24, 2.45) is 5.41 Å². The first-order valence-corrected chi connectivity index (χ1v) is 5.78. The van der Waals surface area contributed by atoms with Crippen LogP contribution >= 0.6 is 15.9 Å². The van der Waals surface area contributed by atoms with Gasteiger partial charge in [-0.15, -0.1) is 0 Å². The summed E-state index contributed by atoms with van der Waals surface area (Å²) in [5.74, 6) is -0.469. The molecule has 0 aromatic heterocycles. The predicted octanol–water partition coefficient (Wildman–Crippen LogP) is 3.88. The standard InChI is InChI=1S/C12H15BrFNO/c1-7-5-8(13)10(6-9(7)14)15-11(16)12(2,3)4/h5-6H,1-4H3,(H,15,16). The number of hydrogen-bond donors (Lipinski definition) is 1. The Morgan fingerprint density at radius 1 is 1.38 bits per heavy atom. The fourth-order valence-electron chi connectivity index (χ4n) is 1.05. The van der Waals surface area contributed by atoms with E-state index in [4.69, 9.17) is 0 Å². The van der Waals surface area contributed by atoms with Crippen LogP contribution in [0.3, 0.4) is 0 Å². The Morgan fingerprint density at radius 3 is 2.44 bits per heavy atom. The summed E-state index contributed by atoms with van der Waals surface area (Å²) in [6, 6.07) is 2.97. The molecule has 88 valence electrons. The van der Waals surface area contributed by atoms with Gasteiger partial charge in [-0.25, -0.2) is 4.39 Å². The van der Waals surface area contributed by atoms with Gasteiger partial charge in [-0.2, -0.15) is 0 Å². The molecule has 0 unspecified atom stereocenters. The minimum atomic E-state index is -0.499. The molecular formula is C12H15BrFNO. The van der Waals surface area contributed by atoms with Gasteiger partial charge in [0.15, 0.2) is 0 Å². The zero-order chi connectivity index (χ0) is 12.5. The molecule has 0 aliphatic heterocycles. The van der Waals surface area contributed by atoms with Crippen molar-refractivity contribution < 1.29 is 9.18 Å². The van der Waals surface area contributed by atoms with Crippen molar-refractivity contribution in [3.05, 3.63) is 28.0 Å². The zero-order valence-electron chi connectivity index (χ0n) is 9.82. The molecule has 0 heterocycles. The molecule has 0 saturated carbocycles. The maximum atomic E-state index is 13.3. The Kier molecular flexibility index (Phi) is 3.73. The number of hydrogen-bond acceptors (Lipinski definition) is 1. The van der Waals surface area contributed by atoms with Gasteiger partial charge in [0.05, 0.1) is 5.69 Å². The molecule has 0 spiro atoms. The van der Waals surface area contributed by atoms with Gasteiger partial charge in [-0.3, -0.25) is 4.79 Å². The fourth-order valence-corrected chi connectivity index (χ4v) is 1.61. The van der Waals surface area contributed by atoms with Crippen LogP contribution in [0.5, 0.6) is 0 Å². The van der Waals surface area contributed by atoms with Crippen molar-refractivity contribution in [2.45, 2.75) is 27.7 Å². The third-order valence-electron chi connectivity index (χ3n) is 2.18. The van der Waals surface area contributed by atoms with E-state index in [0.29, 0.717) is 15.7 Å². The van der Waals surface area contributed by atoms with Crippen LogP contribution < -0.4 is 5.32 Å². The molecule has 1 amide bonds. The summed E-state index contributed by atoms with van der Waals surface area (Å²) in [6.07, 6.45) is 0. The summed E-state index contributed by atoms with van der Waals surface area (Å²) in [6.45, 7) is 7.10. The molecule has 0 atom stereocenters. The third kappa shape index (κ3) is 3.04. The number of anilines is 1. The lowest BCUT2D eigenvalue weighted by Crippen LogP contribution is -2.27. The first-order chi connectivity index (χ1) is 7.21. The highest BCUT2D eigenvalue weighted by Gasteiger charge is 2.22. The average molecular weight is 288 g/mol. The van der Waals surface area contributed by atoms with E-state index in [0.717, 1.165) is 0 Å². The number of carbonyl (C=O) groups is 1. The quantitative estimate of drug-likeness (QED) is 0.834. The lowest BCUT2D eigenvalue weighted by molar-refractivity contribution is -0.123. The molecule has 4 heteroatoms. The molecule has 1 rings (SSSR count). The first-order valence-electron chi connectivity index (χ1n) is 4.99. The van der Waals surface area contributed by atoms with Gasteiger partial charge in [-0.1, -0.05) is 20.8 Å². The van der Waals surface area contributed by atoms with Crippen molar-refractivity contribution in [1.82, 2.24) is 0 Å². The molecule has 1 aromatic rings. The van der Waals surface area contributed by atoms with Gasteiger partial charge in [0.25, 0.3) is 0 Å². The Bertz CT molecular complexity index is 424. The summed E-state index contributed by atoms with van der Waals surface area (Å²) < 4.78 is 14.0. The van der Waals surface area contributed by atoms with Crippen molar-refractivity contribution in [3.8, 4) is 0 Å². The smallest absolute Gasteiger partial charge is 0.229 e. The van der Waals surface area contributed by atoms with E-state index >= 15 is 0 Å². The molecule has 2 nitrogen and oxygen atoms in total. The second-order valence-corrected chi connectivity index (χ2v) is 5.64. The zero-order valence-corrected chi connectivity index (χ0v) is 11.4. The van der Waals surface area contributed by atoms with Gasteiger partial charge in [0.1, 0.15) is 5.82 Å². The molecule has 0 fully saturated rings. The Labute approximate surface area is 103 Å². The van der Waals surface area contributed by atoms with E-state index in [2.05, 4.69) is 21.2 Å². The van der Waals surface area contributed by atoms with Crippen molar-refractivity contribution in [2.75, 3.05) is 5.32 Å². The molecule has 0 aliphatic rings. The number of rotatable bonds is 1. The second-order valence-electron chi connectivity index (χ2n) is 4.79. The molecular weight excluding hydrogens is 273 g/mol. The molecule has 16 heavy (non-hydrogen) atoms. The number of carbonyl (C=O) groups excluding carboxylic acids is 1. The monoisotopic (exact) mass is 287 g/mol. The minimum Gasteiger partial charge on any atom is -0.325 e. The highest BCUT2D eigenvalue weighted by atomic mass is 79.9. The number of aryl methyl sites for hydroxylation is 1. The van der Waals surface area contributed by atoms with Crippen LogP contribution in [0.2, 0.25) is 0 Å². The van der Waals surface area contributed by atoms with E-state index in [1.165, 1.54) is 6.07 Å². The van der Waals surface area contributed by atoms with Crippen LogP contribution in [0, 0.1) is 18.2 Å². The molecule has 0 aliphatic carbocycles. The number of halogens is 2. The van der Waals surface area contributed by atoms with E-state index < -0.39 is 5.41 Å². The highest BCUT2D eigenvalue weighted by Crippen LogP contribution is 2.27. The highest BCUT2D eigenvalue weighted by molar-refractivity contribution is 9.10. The molecule has 0 bridgehead atoms. The lowest BCUT2D eigenvalue weighted by atomic mass is 9.95. The minimum absolute atomic E-state index is 0.142. The van der Waals surface area contributed by atoms with E-state index in [-0.39, 0.29) is 11.7 Å². The third-order valence-corrected chi connectivity index (χ3v) is 2.83. The normalized spacial score (nSPS) is 11.4. The summed E-state index contributed by atoms with van der Waals surface area (Å²) in [5.41, 5.74) is 0.504. The van der Waals surface area contributed by atoms with E-state index in [9.17, 15) is 9.18 Å². The summed E-state index contributed by atoms with van der Waals surface area (Å²) >= 11 is 3.30. The number of nitrogens with one attached hydrogen (secondary N) is 1.